The van der Waals surface area contributed by atoms with Crippen molar-refractivity contribution in [2.24, 2.45) is 0 Å². The van der Waals surface area contributed by atoms with Crippen molar-refractivity contribution in [1.82, 2.24) is 5.32 Å². The Morgan fingerprint density at radius 2 is 2.13 bits per heavy atom. The molecule has 1 aromatic heterocycles. The van der Waals surface area contributed by atoms with Crippen molar-refractivity contribution >= 4 is 11.3 Å². The van der Waals surface area contributed by atoms with E-state index in [1.165, 1.54) is 9.75 Å². The van der Waals surface area contributed by atoms with Crippen LogP contribution in [-0.2, 0) is 11.2 Å². The van der Waals surface area contributed by atoms with Gasteiger partial charge in [0.25, 0.3) is 0 Å². The fourth-order valence-corrected chi connectivity index (χ4v) is 3.25. The zero-order valence-corrected chi connectivity index (χ0v) is 10.3. The van der Waals surface area contributed by atoms with Crippen LogP contribution in [0.4, 0.5) is 0 Å². The first kappa shape index (κ1) is 11.1. The van der Waals surface area contributed by atoms with Crippen LogP contribution in [0.2, 0.25) is 0 Å². The summed E-state index contributed by atoms with van der Waals surface area (Å²) in [4.78, 5) is 2.85. The summed E-state index contributed by atoms with van der Waals surface area (Å²) in [5.41, 5.74) is 0.0859. The van der Waals surface area contributed by atoms with Gasteiger partial charge in [0.15, 0.2) is 0 Å². The predicted molar refractivity (Wildman–Crippen MR) is 64.6 cm³/mol. The number of hydrogen-bond acceptors (Lipinski definition) is 3. The van der Waals surface area contributed by atoms with Gasteiger partial charge in [0.05, 0.1) is 5.60 Å². The first-order valence-corrected chi connectivity index (χ1v) is 6.37. The third kappa shape index (κ3) is 2.60. The first-order chi connectivity index (χ1) is 7.24. The molecule has 1 N–H and O–H groups in total. The summed E-state index contributed by atoms with van der Waals surface area (Å²) in [6.45, 7) is 4.33. The third-order valence-corrected chi connectivity index (χ3v) is 4.24. The summed E-state index contributed by atoms with van der Waals surface area (Å²) in [5, 5.41) is 3.39. The van der Waals surface area contributed by atoms with Gasteiger partial charge in [-0.1, -0.05) is 0 Å². The molecule has 2 nitrogen and oxygen atoms in total. The molecule has 2 heterocycles. The van der Waals surface area contributed by atoms with Gasteiger partial charge >= 0.3 is 0 Å². The summed E-state index contributed by atoms with van der Waals surface area (Å²) in [7, 11) is 1.85. The molecule has 1 aliphatic rings. The van der Waals surface area contributed by atoms with E-state index in [-0.39, 0.29) is 5.60 Å². The van der Waals surface area contributed by atoms with Gasteiger partial charge < -0.3 is 10.1 Å². The maximum atomic E-state index is 5.76. The van der Waals surface area contributed by atoms with Gasteiger partial charge in [-0.3, -0.25) is 0 Å². The van der Waals surface area contributed by atoms with Gasteiger partial charge in [-0.2, -0.15) is 0 Å². The van der Waals surface area contributed by atoms with Crippen LogP contribution in [-0.4, -0.2) is 25.8 Å². The summed E-state index contributed by atoms with van der Waals surface area (Å²) >= 11 is 1.89. The SMILES string of the molecule is COC1(Cc2ccc(C)s2)CCNCC1. The molecule has 0 unspecified atom stereocenters. The fourth-order valence-electron chi connectivity index (χ4n) is 2.23. The van der Waals surface area contributed by atoms with E-state index in [4.69, 9.17) is 4.74 Å². The quantitative estimate of drug-likeness (QED) is 0.852. The minimum atomic E-state index is 0.0859. The van der Waals surface area contributed by atoms with Crippen LogP contribution in [0.3, 0.4) is 0 Å². The number of rotatable bonds is 3. The monoisotopic (exact) mass is 225 g/mol. The molecule has 1 saturated heterocycles. The van der Waals surface area contributed by atoms with E-state index in [9.17, 15) is 0 Å². The Morgan fingerprint density at radius 3 is 2.67 bits per heavy atom. The summed E-state index contributed by atoms with van der Waals surface area (Å²) in [5.74, 6) is 0. The van der Waals surface area contributed by atoms with Crippen LogP contribution >= 0.6 is 11.3 Å². The molecular weight excluding hydrogens is 206 g/mol. The number of thiophene rings is 1. The lowest BCUT2D eigenvalue weighted by molar-refractivity contribution is -0.0327. The lowest BCUT2D eigenvalue weighted by Gasteiger charge is -2.36. The number of piperidine rings is 1. The molecule has 0 aromatic carbocycles. The molecule has 0 saturated carbocycles. The van der Waals surface area contributed by atoms with E-state index in [0.717, 1.165) is 32.4 Å². The molecule has 0 aliphatic carbocycles. The smallest absolute Gasteiger partial charge is 0.0750 e. The summed E-state index contributed by atoms with van der Waals surface area (Å²) < 4.78 is 5.76. The molecule has 1 fully saturated rings. The highest BCUT2D eigenvalue weighted by Crippen LogP contribution is 2.29. The van der Waals surface area contributed by atoms with Gasteiger partial charge in [0, 0.05) is 23.3 Å². The van der Waals surface area contributed by atoms with Gasteiger partial charge in [0.2, 0.25) is 0 Å². The molecule has 0 radical (unpaired) electrons. The van der Waals surface area contributed by atoms with Crippen LogP contribution in [0.15, 0.2) is 12.1 Å². The van der Waals surface area contributed by atoms with E-state index in [2.05, 4.69) is 24.4 Å². The first-order valence-electron chi connectivity index (χ1n) is 5.55. The lowest BCUT2D eigenvalue weighted by atomic mass is 9.88. The number of hydrogen-bond donors (Lipinski definition) is 1. The molecule has 3 heteroatoms. The van der Waals surface area contributed by atoms with E-state index in [0.29, 0.717) is 0 Å². The Hall–Kier alpha value is -0.380. The largest absolute Gasteiger partial charge is 0.378 e. The van der Waals surface area contributed by atoms with Gasteiger partial charge in [-0.15, -0.1) is 11.3 Å². The molecule has 0 amide bonds. The van der Waals surface area contributed by atoms with Crippen molar-refractivity contribution in [3.05, 3.63) is 21.9 Å². The van der Waals surface area contributed by atoms with E-state index < -0.39 is 0 Å². The molecule has 1 aliphatic heterocycles. The van der Waals surface area contributed by atoms with Crippen molar-refractivity contribution in [1.29, 1.82) is 0 Å². The molecule has 15 heavy (non-hydrogen) atoms. The van der Waals surface area contributed by atoms with Gasteiger partial charge in [-0.05, 0) is 45.0 Å². The van der Waals surface area contributed by atoms with Crippen molar-refractivity contribution in [2.45, 2.75) is 31.8 Å². The Bertz CT molecular complexity index is 315. The molecule has 0 spiro atoms. The minimum absolute atomic E-state index is 0.0859. The number of ether oxygens (including phenoxy) is 1. The molecular formula is C12H19NOS. The van der Waals surface area contributed by atoms with Crippen LogP contribution < -0.4 is 5.32 Å². The van der Waals surface area contributed by atoms with Crippen molar-refractivity contribution < 1.29 is 4.74 Å². The minimum Gasteiger partial charge on any atom is -0.378 e. The zero-order valence-electron chi connectivity index (χ0n) is 9.51. The predicted octanol–water partition coefficient (Wildman–Crippen LogP) is 2.37. The van der Waals surface area contributed by atoms with Gasteiger partial charge in [0.1, 0.15) is 0 Å². The fraction of sp³-hybridized carbons (Fsp3) is 0.667. The Kier molecular flexibility index (Phi) is 3.44. The summed E-state index contributed by atoms with van der Waals surface area (Å²) in [6, 6.07) is 4.44. The lowest BCUT2D eigenvalue weighted by Crippen LogP contribution is -2.44. The standard InChI is InChI=1S/C12H19NOS/c1-10-3-4-11(15-10)9-12(14-2)5-7-13-8-6-12/h3-4,13H,5-9H2,1-2H3. The molecule has 0 bridgehead atoms. The number of nitrogens with one attached hydrogen (secondary N) is 1. The maximum absolute atomic E-state index is 5.76. The second kappa shape index (κ2) is 4.64. The second-order valence-electron chi connectivity index (χ2n) is 4.33. The zero-order chi connectivity index (χ0) is 10.7. The van der Waals surface area contributed by atoms with Crippen molar-refractivity contribution in [2.75, 3.05) is 20.2 Å². The van der Waals surface area contributed by atoms with E-state index >= 15 is 0 Å². The average molecular weight is 225 g/mol. The van der Waals surface area contributed by atoms with Crippen LogP contribution in [0.5, 0.6) is 0 Å². The van der Waals surface area contributed by atoms with Crippen molar-refractivity contribution in [3.63, 3.8) is 0 Å². The Balaban J connectivity index is 2.06. The molecule has 1 aromatic rings. The molecule has 0 atom stereocenters. The molecule has 2 rings (SSSR count). The van der Waals surface area contributed by atoms with Crippen LogP contribution in [0.1, 0.15) is 22.6 Å². The Morgan fingerprint density at radius 1 is 1.40 bits per heavy atom. The van der Waals surface area contributed by atoms with Crippen molar-refractivity contribution in [3.8, 4) is 0 Å². The average Bonchev–Trinajstić information content (AvgIpc) is 2.65. The highest BCUT2D eigenvalue weighted by atomic mass is 32.1. The topological polar surface area (TPSA) is 21.3 Å². The van der Waals surface area contributed by atoms with Crippen LogP contribution in [0, 0.1) is 6.92 Å². The van der Waals surface area contributed by atoms with E-state index in [1.54, 1.807) is 0 Å². The second-order valence-corrected chi connectivity index (χ2v) is 5.70. The molecule has 84 valence electrons. The van der Waals surface area contributed by atoms with Crippen LogP contribution in [0.25, 0.3) is 0 Å². The maximum Gasteiger partial charge on any atom is 0.0750 e. The normalized spacial score (nSPS) is 20.4. The number of aryl methyl sites for hydroxylation is 1. The highest BCUT2D eigenvalue weighted by Gasteiger charge is 2.32. The third-order valence-electron chi connectivity index (χ3n) is 3.24. The van der Waals surface area contributed by atoms with Gasteiger partial charge in [-0.25, -0.2) is 0 Å². The summed E-state index contributed by atoms with van der Waals surface area (Å²) in [6.07, 6.45) is 3.32. The number of methoxy groups -OCH3 is 1. The Labute approximate surface area is 95.6 Å². The van der Waals surface area contributed by atoms with E-state index in [1.807, 2.05) is 18.4 Å². The highest BCUT2D eigenvalue weighted by molar-refractivity contribution is 7.11.